The highest BCUT2D eigenvalue weighted by Gasteiger charge is 2.68. The van der Waals surface area contributed by atoms with Crippen molar-refractivity contribution in [2.24, 2.45) is 17.3 Å². The van der Waals surface area contributed by atoms with Crippen molar-refractivity contribution < 1.29 is 4.79 Å². The molecular formula is C21H18N6O. The maximum absolute atomic E-state index is 13.4. The number of rotatable bonds is 1. The summed E-state index contributed by atoms with van der Waals surface area (Å²) in [5.74, 6) is -2.08. The molecule has 1 aromatic carbocycles. The van der Waals surface area contributed by atoms with Gasteiger partial charge in [0.05, 0.1) is 23.9 Å². The number of amides is 1. The van der Waals surface area contributed by atoms with Crippen LogP contribution < -0.4 is 5.32 Å². The molecule has 138 valence electrons. The number of hydrogen-bond acceptors (Lipinski definition) is 6. The monoisotopic (exact) mass is 370 g/mol. The number of nitrogens with zero attached hydrogens (tertiary/aromatic N) is 4. The van der Waals surface area contributed by atoms with Crippen LogP contribution >= 0.6 is 0 Å². The van der Waals surface area contributed by atoms with Crippen LogP contribution in [0.3, 0.4) is 0 Å². The average molecular weight is 370 g/mol. The third-order valence-electron chi connectivity index (χ3n) is 6.42. The summed E-state index contributed by atoms with van der Waals surface area (Å²) in [6, 6.07) is 13.3. The smallest absolute Gasteiger partial charge is 0.237 e. The van der Waals surface area contributed by atoms with Crippen molar-refractivity contribution in [1.29, 1.82) is 21.2 Å². The van der Waals surface area contributed by atoms with E-state index in [0.717, 1.165) is 6.54 Å². The topological polar surface area (TPSA) is 128 Å². The standard InChI is InChI=1S/C21H18N6O/c1-2-27-8-7-13-16(10-27)21(14-5-3-4-6-17(14)26-19(21)28)15(9-22)18(25)20(13,11-23)12-24/h3-7,15-16,25H,2,8,10H2,1H3,(H,26,28)/t15-,16+,21+/m0/s1. The van der Waals surface area contributed by atoms with E-state index in [4.69, 9.17) is 5.41 Å². The van der Waals surface area contributed by atoms with Crippen molar-refractivity contribution in [2.45, 2.75) is 12.3 Å². The van der Waals surface area contributed by atoms with E-state index in [9.17, 15) is 20.6 Å². The first-order valence-corrected chi connectivity index (χ1v) is 9.16. The molecule has 1 aromatic rings. The molecule has 3 aliphatic rings. The van der Waals surface area contributed by atoms with Crippen LogP contribution in [0.2, 0.25) is 0 Å². The lowest BCUT2D eigenvalue weighted by molar-refractivity contribution is -0.123. The Balaban J connectivity index is 2.07. The number of anilines is 1. The fourth-order valence-electron chi connectivity index (χ4n) is 5.04. The Hall–Kier alpha value is -3.47. The van der Waals surface area contributed by atoms with Gasteiger partial charge >= 0.3 is 0 Å². The van der Waals surface area contributed by atoms with Gasteiger partial charge in [-0.3, -0.25) is 9.69 Å². The minimum absolute atomic E-state index is 0.306. The molecule has 2 aliphatic heterocycles. The average Bonchev–Trinajstić information content (AvgIpc) is 3.02. The highest BCUT2D eigenvalue weighted by Crippen LogP contribution is 2.59. The lowest BCUT2D eigenvalue weighted by atomic mass is 9.48. The Bertz CT molecular complexity index is 1040. The molecule has 0 bridgehead atoms. The van der Waals surface area contributed by atoms with E-state index in [-0.39, 0.29) is 11.6 Å². The zero-order valence-electron chi connectivity index (χ0n) is 15.4. The molecule has 0 aromatic heterocycles. The van der Waals surface area contributed by atoms with Gasteiger partial charge in [-0.05, 0) is 23.7 Å². The van der Waals surface area contributed by atoms with Gasteiger partial charge < -0.3 is 10.7 Å². The summed E-state index contributed by atoms with van der Waals surface area (Å²) < 4.78 is 0. The van der Waals surface area contributed by atoms with E-state index in [1.807, 2.05) is 25.1 Å². The number of nitriles is 3. The number of para-hydroxylation sites is 1. The SMILES string of the molecule is CCN1CC=C2[C@@H](C1)[C@]1(C(=O)Nc3ccccc31)[C@@H](C#N)C(=N)C2(C#N)C#N. The molecule has 7 nitrogen and oxygen atoms in total. The normalized spacial score (nSPS) is 30.3. The highest BCUT2D eigenvalue weighted by molar-refractivity contribution is 6.14. The van der Waals surface area contributed by atoms with Gasteiger partial charge in [0.2, 0.25) is 11.3 Å². The van der Waals surface area contributed by atoms with Gasteiger partial charge in [-0.15, -0.1) is 0 Å². The van der Waals surface area contributed by atoms with Gasteiger partial charge in [0.25, 0.3) is 0 Å². The zero-order valence-corrected chi connectivity index (χ0v) is 15.4. The molecule has 1 aliphatic carbocycles. The molecule has 1 saturated carbocycles. The Morgan fingerprint density at radius 1 is 1.29 bits per heavy atom. The van der Waals surface area contributed by atoms with Gasteiger partial charge in [-0.1, -0.05) is 31.2 Å². The summed E-state index contributed by atoms with van der Waals surface area (Å²) in [6.45, 7) is 3.72. The molecule has 4 rings (SSSR count). The summed E-state index contributed by atoms with van der Waals surface area (Å²) in [5.41, 5.74) is -1.68. The molecule has 0 unspecified atom stereocenters. The van der Waals surface area contributed by atoms with Crippen LogP contribution in [-0.2, 0) is 10.2 Å². The van der Waals surface area contributed by atoms with Crippen LogP contribution in [0.25, 0.3) is 0 Å². The molecule has 1 fully saturated rings. The number of hydrogen-bond donors (Lipinski definition) is 2. The van der Waals surface area contributed by atoms with Crippen LogP contribution in [-0.4, -0.2) is 36.2 Å². The van der Waals surface area contributed by atoms with Crippen LogP contribution in [0, 0.1) is 56.7 Å². The van der Waals surface area contributed by atoms with Crippen molar-refractivity contribution in [3.63, 3.8) is 0 Å². The molecule has 7 heteroatoms. The second-order valence-corrected chi connectivity index (χ2v) is 7.38. The number of benzene rings is 1. The first-order valence-electron chi connectivity index (χ1n) is 9.16. The summed E-state index contributed by atoms with van der Waals surface area (Å²) in [6.07, 6.45) is 1.81. The van der Waals surface area contributed by atoms with Crippen LogP contribution in [0.15, 0.2) is 35.9 Å². The maximum atomic E-state index is 13.4. The van der Waals surface area contributed by atoms with E-state index in [1.54, 1.807) is 24.3 Å². The zero-order chi connectivity index (χ0) is 20.1. The van der Waals surface area contributed by atoms with Gasteiger partial charge in [-0.2, -0.15) is 15.8 Å². The Morgan fingerprint density at radius 2 is 2.00 bits per heavy atom. The van der Waals surface area contributed by atoms with Crippen molar-refractivity contribution >= 4 is 17.3 Å². The summed E-state index contributed by atoms with van der Waals surface area (Å²) >= 11 is 0. The number of nitrogens with one attached hydrogen (secondary N) is 2. The Morgan fingerprint density at radius 3 is 2.64 bits per heavy atom. The summed E-state index contributed by atoms with van der Waals surface area (Å²) in [7, 11) is 0. The second kappa shape index (κ2) is 6.02. The third kappa shape index (κ3) is 1.88. The van der Waals surface area contributed by atoms with Crippen molar-refractivity contribution in [1.82, 2.24) is 4.90 Å². The molecule has 28 heavy (non-hydrogen) atoms. The minimum atomic E-state index is -1.81. The fourth-order valence-corrected chi connectivity index (χ4v) is 5.04. The largest absolute Gasteiger partial charge is 0.325 e. The van der Waals surface area contributed by atoms with Crippen LogP contribution in [0.1, 0.15) is 12.5 Å². The van der Waals surface area contributed by atoms with E-state index in [0.29, 0.717) is 29.9 Å². The van der Waals surface area contributed by atoms with Crippen molar-refractivity contribution in [3.05, 3.63) is 41.5 Å². The van der Waals surface area contributed by atoms with Gasteiger partial charge in [0.1, 0.15) is 11.3 Å². The molecule has 2 N–H and O–H groups in total. The van der Waals surface area contributed by atoms with Crippen molar-refractivity contribution in [3.8, 4) is 18.2 Å². The van der Waals surface area contributed by atoms with E-state index in [1.165, 1.54) is 0 Å². The molecular weight excluding hydrogens is 352 g/mol. The van der Waals surface area contributed by atoms with Crippen LogP contribution in [0.5, 0.6) is 0 Å². The van der Waals surface area contributed by atoms with Crippen molar-refractivity contribution in [2.75, 3.05) is 25.0 Å². The molecule has 2 heterocycles. The number of likely N-dealkylation sites (N-methyl/N-ethyl adjacent to an activating group) is 1. The van der Waals surface area contributed by atoms with Gasteiger partial charge in [-0.25, -0.2) is 0 Å². The molecule has 1 amide bonds. The highest BCUT2D eigenvalue weighted by atomic mass is 16.2. The Kier molecular flexibility index (Phi) is 3.85. The molecule has 0 saturated heterocycles. The maximum Gasteiger partial charge on any atom is 0.237 e. The van der Waals surface area contributed by atoms with E-state index < -0.39 is 22.7 Å². The minimum Gasteiger partial charge on any atom is -0.325 e. The first kappa shape index (κ1) is 17.9. The van der Waals surface area contributed by atoms with E-state index >= 15 is 0 Å². The lowest BCUT2D eigenvalue weighted by Gasteiger charge is -2.51. The predicted molar refractivity (Wildman–Crippen MR) is 101 cm³/mol. The molecule has 1 spiro atoms. The quantitative estimate of drug-likeness (QED) is 0.730. The van der Waals surface area contributed by atoms with Gasteiger partial charge in [0.15, 0.2) is 0 Å². The van der Waals surface area contributed by atoms with Crippen LogP contribution in [0.4, 0.5) is 5.69 Å². The summed E-state index contributed by atoms with van der Waals surface area (Å²) in [4.78, 5) is 15.5. The fraction of sp³-hybridized carbons (Fsp3) is 0.381. The first-order chi connectivity index (χ1) is 13.5. The molecule has 0 radical (unpaired) electrons. The number of carbonyl (C=O) groups excluding carboxylic acids is 1. The second-order valence-electron chi connectivity index (χ2n) is 7.38. The Labute approximate surface area is 163 Å². The lowest BCUT2D eigenvalue weighted by Crippen LogP contribution is -2.63. The summed E-state index contributed by atoms with van der Waals surface area (Å²) in [5, 5.41) is 41.4. The molecule has 3 atom stereocenters. The number of fused-ring (bicyclic) bond motifs is 4. The van der Waals surface area contributed by atoms with Gasteiger partial charge in [0, 0.05) is 24.7 Å². The predicted octanol–water partition coefficient (Wildman–Crippen LogP) is 1.96. The number of carbonyl (C=O) groups is 1. The van der Waals surface area contributed by atoms with E-state index in [2.05, 4.69) is 16.3 Å². The third-order valence-corrected chi connectivity index (χ3v) is 6.42.